The molecule has 3 heterocycles. The second-order valence-corrected chi connectivity index (χ2v) is 6.05. The quantitative estimate of drug-likeness (QED) is 0.703. The van der Waals surface area contributed by atoms with E-state index >= 15 is 0 Å². The summed E-state index contributed by atoms with van der Waals surface area (Å²) < 4.78 is 0. The molecule has 0 bridgehead atoms. The number of hydrogen-bond acceptors (Lipinski definition) is 5. The smallest absolute Gasteiger partial charge is 0.168 e. The van der Waals surface area contributed by atoms with Crippen LogP contribution in [-0.4, -0.2) is 29.3 Å². The average Bonchev–Trinajstić information content (AvgIpc) is 2.64. The largest absolute Gasteiger partial charge is 0.321 e. The highest BCUT2D eigenvalue weighted by atomic mass is 16.1. The maximum Gasteiger partial charge on any atom is 0.168 e. The number of hydrogen-bond donors (Lipinski definition) is 0. The first-order chi connectivity index (χ1) is 11.8. The van der Waals surface area contributed by atoms with Gasteiger partial charge in [0.15, 0.2) is 17.9 Å². The van der Waals surface area contributed by atoms with Crippen molar-refractivity contribution in [2.45, 2.75) is 39.5 Å². The molecule has 5 heteroatoms. The summed E-state index contributed by atoms with van der Waals surface area (Å²) in [5.41, 5.74) is 2.58. The molecule has 2 aromatic heterocycles. The predicted octanol–water partition coefficient (Wildman–Crippen LogP) is 4.48. The molecular weight excluding hydrogens is 300 g/mol. The van der Waals surface area contributed by atoms with Gasteiger partial charge in [0, 0.05) is 19.3 Å². The van der Waals surface area contributed by atoms with Crippen LogP contribution in [-0.2, 0) is 0 Å². The fourth-order valence-electron chi connectivity index (χ4n) is 3.05. The number of anilines is 4. The normalized spacial score (nSPS) is 12.8. The molecule has 0 N–H and O–H groups in total. The van der Waals surface area contributed by atoms with E-state index in [1.807, 2.05) is 18.3 Å². The zero-order valence-electron chi connectivity index (χ0n) is 14.4. The van der Waals surface area contributed by atoms with Crippen LogP contribution in [0.4, 0.5) is 23.0 Å². The van der Waals surface area contributed by atoms with Crippen LogP contribution >= 0.6 is 0 Å². The minimum absolute atomic E-state index is 0.470. The molecule has 24 heavy (non-hydrogen) atoms. The molecule has 5 nitrogen and oxygen atoms in total. The Hall–Kier alpha value is -2.43. The molecule has 2 aromatic rings. The molecular formula is C19H24N4O. The van der Waals surface area contributed by atoms with Crippen LogP contribution in [0.2, 0.25) is 0 Å². The minimum atomic E-state index is 0.470. The monoisotopic (exact) mass is 324 g/mol. The van der Waals surface area contributed by atoms with Gasteiger partial charge in [0.1, 0.15) is 5.69 Å². The van der Waals surface area contributed by atoms with Crippen LogP contribution in [0.3, 0.4) is 0 Å². The van der Waals surface area contributed by atoms with Gasteiger partial charge in [-0.15, -0.1) is 0 Å². The van der Waals surface area contributed by atoms with E-state index in [1.54, 1.807) is 6.07 Å². The van der Waals surface area contributed by atoms with Crippen molar-refractivity contribution in [1.82, 2.24) is 9.97 Å². The Morgan fingerprint density at radius 1 is 0.958 bits per heavy atom. The van der Waals surface area contributed by atoms with Crippen LogP contribution in [0, 0.1) is 0 Å². The molecule has 0 radical (unpaired) electrons. The van der Waals surface area contributed by atoms with E-state index in [9.17, 15) is 4.79 Å². The van der Waals surface area contributed by atoms with Crippen LogP contribution in [0.5, 0.6) is 0 Å². The van der Waals surface area contributed by atoms with Crippen molar-refractivity contribution in [3.8, 4) is 0 Å². The summed E-state index contributed by atoms with van der Waals surface area (Å²) in [5.74, 6) is 1.85. The van der Waals surface area contributed by atoms with Crippen molar-refractivity contribution < 1.29 is 4.79 Å². The fraction of sp³-hybridized carbons (Fsp3) is 0.421. The first-order valence-electron chi connectivity index (χ1n) is 8.76. The highest BCUT2D eigenvalue weighted by molar-refractivity contribution is 5.90. The first kappa shape index (κ1) is 16.4. The van der Waals surface area contributed by atoms with Gasteiger partial charge in [0.25, 0.3) is 0 Å². The average molecular weight is 324 g/mol. The third kappa shape index (κ3) is 2.98. The van der Waals surface area contributed by atoms with E-state index in [2.05, 4.69) is 39.7 Å². The summed E-state index contributed by atoms with van der Waals surface area (Å²) in [5, 5.41) is 0. The van der Waals surface area contributed by atoms with E-state index in [4.69, 9.17) is 0 Å². The lowest BCUT2D eigenvalue weighted by Crippen LogP contribution is -2.32. The number of rotatable bonds is 7. The van der Waals surface area contributed by atoms with Crippen molar-refractivity contribution in [2.75, 3.05) is 22.9 Å². The number of carbonyl (C=O) groups excluding carboxylic acids is 1. The van der Waals surface area contributed by atoms with Gasteiger partial charge in [-0.2, -0.15) is 0 Å². The van der Waals surface area contributed by atoms with E-state index in [-0.39, 0.29) is 0 Å². The Bertz CT molecular complexity index is 716. The Labute approximate surface area is 143 Å². The third-order valence-corrected chi connectivity index (χ3v) is 4.33. The fourth-order valence-corrected chi connectivity index (χ4v) is 3.05. The summed E-state index contributed by atoms with van der Waals surface area (Å²) in [4.78, 5) is 24.9. The molecule has 0 saturated carbocycles. The van der Waals surface area contributed by atoms with E-state index in [0.717, 1.165) is 68.1 Å². The number of fused-ring (bicyclic) bond motifs is 2. The van der Waals surface area contributed by atoms with Crippen molar-refractivity contribution in [1.29, 1.82) is 0 Å². The summed E-state index contributed by atoms with van der Waals surface area (Å²) in [6.07, 6.45) is 7.03. The summed E-state index contributed by atoms with van der Waals surface area (Å²) in [6.45, 7) is 6.14. The molecule has 126 valence electrons. The zero-order valence-corrected chi connectivity index (χ0v) is 14.4. The number of pyridine rings is 2. The Kier molecular flexibility index (Phi) is 5.08. The molecule has 0 fully saturated rings. The van der Waals surface area contributed by atoms with Crippen molar-refractivity contribution in [2.24, 2.45) is 0 Å². The lowest BCUT2D eigenvalue weighted by Gasteiger charge is -2.38. The minimum Gasteiger partial charge on any atom is -0.321 e. The predicted molar refractivity (Wildman–Crippen MR) is 97.7 cm³/mol. The van der Waals surface area contributed by atoms with E-state index < -0.39 is 0 Å². The Balaban J connectivity index is 2.12. The van der Waals surface area contributed by atoms with Gasteiger partial charge in [0.05, 0.1) is 11.4 Å². The van der Waals surface area contributed by atoms with Crippen LogP contribution < -0.4 is 9.80 Å². The molecule has 0 aromatic carbocycles. The van der Waals surface area contributed by atoms with E-state index in [0.29, 0.717) is 5.69 Å². The SMILES string of the molecule is CCCCN1c2ccc(C=O)nc2N(CCCC)c2cccnc21. The number of carbonyl (C=O) groups is 1. The molecule has 1 aliphatic rings. The number of aromatic nitrogens is 2. The van der Waals surface area contributed by atoms with Gasteiger partial charge in [-0.25, -0.2) is 9.97 Å². The highest BCUT2D eigenvalue weighted by Crippen LogP contribution is 2.45. The first-order valence-corrected chi connectivity index (χ1v) is 8.76. The van der Waals surface area contributed by atoms with Gasteiger partial charge in [0.2, 0.25) is 0 Å². The van der Waals surface area contributed by atoms with Crippen LogP contribution in [0.1, 0.15) is 50.0 Å². The number of unbranched alkanes of at least 4 members (excludes halogenated alkanes) is 2. The molecule has 0 spiro atoms. The lowest BCUT2D eigenvalue weighted by molar-refractivity contribution is 0.111. The van der Waals surface area contributed by atoms with Gasteiger partial charge >= 0.3 is 0 Å². The Morgan fingerprint density at radius 3 is 2.29 bits per heavy atom. The van der Waals surface area contributed by atoms with Gasteiger partial charge in [-0.05, 0) is 37.1 Å². The molecule has 0 unspecified atom stereocenters. The lowest BCUT2D eigenvalue weighted by atomic mass is 10.1. The Morgan fingerprint density at radius 2 is 1.62 bits per heavy atom. The van der Waals surface area contributed by atoms with Crippen molar-refractivity contribution >= 4 is 29.3 Å². The van der Waals surface area contributed by atoms with Gasteiger partial charge in [-0.1, -0.05) is 26.7 Å². The summed E-state index contributed by atoms with van der Waals surface area (Å²) in [6, 6.07) is 7.84. The maximum atomic E-state index is 11.2. The third-order valence-electron chi connectivity index (χ3n) is 4.33. The van der Waals surface area contributed by atoms with Crippen LogP contribution in [0.15, 0.2) is 30.5 Å². The molecule has 0 atom stereocenters. The standard InChI is InChI=1S/C19H24N4O/c1-3-5-12-22-17-10-9-15(14-24)21-19(17)23(13-6-4-2)16-8-7-11-20-18(16)22/h7-11,14H,3-6,12-13H2,1-2H3. The molecule has 0 saturated heterocycles. The topological polar surface area (TPSA) is 49.3 Å². The molecule has 1 aliphatic heterocycles. The van der Waals surface area contributed by atoms with Crippen molar-refractivity contribution in [3.63, 3.8) is 0 Å². The molecule has 0 amide bonds. The van der Waals surface area contributed by atoms with Crippen LogP contribution in [0.25, 0.3) is 0 Å². The van der Waals surface area contributed by atoms with Crippen molar-refractivity contribution in [3.05, 3.63) is 36.2 Å². The maximum absolute atomic E-state index is 11.2. The van der Waals surface area contributed by atoms with E-state index in [1.165, 1.54) is 0 Å². The molecule has 0 aliphatic carbocycles. The second kappa shape index (κ2) is 7.43. The number of aldehydes is 1. The summed E-state index contributed by atoms with van der Waals surface area (Å²) in [7, 11) is 0. The zero-order chi connectivity index (χ0) is 16.9. The molecule has 3 rings (SSSR count). The number of nitrogens with zero attached hydrogens (tertiary/aromatic N) is 4. The highest BCUT2D eigenvalue weighted by Gasteiger charge is 2.30. The van der Waals surface area contributed by atoms with Gasteiger partial charge < -0.3 is 9.80 Å². The second-order valence-electron chi connectivity index (χ2n) is 6.05. The van der Waals surface area contributed by atoms with Gasteiger partial charge in [-0.3, -0.25) is 4.79 Å². The summed E-state index contributed by atoms with van der Waals surface area (Å²) >= 11 is 0.